The van der Waals surface area contributed by atoms with Gasteiger partial charge in [-0.25, -0.2) is 9.59 Å². The number of likely N-dealkylation sites (tertiary alicyclic amines) is 1. The number of nitrogens with zero attached hydrogens (tertiary/aromatic N) is 1. The summed E-state index contributed by atoms with van der Waals surface area (Å²) < 4.78 is 18.8. The maximum atomic E-state index is 13.0. The van der Waals surface area contributed by atoms with Crippen LogP contribution in [-0.4, -0.2) is 66.2 Å². The van der Waals surface area contributed by atoms with Crippen LogP contribution in [0.5, 0.6) is 0 Å². The molecule has 9 heteroatoms. The normalized spacial score (nSPS) is 33.1. The van der Waals surface area contributed by atoms with Gasteiger partial charge in [0.05, 0.1) is 23.7 Å². The molecule has 0 spiro atoms. The number of carbonyl (C=O) groups excluding carboxylic acids is 1. The van der Waals surface area contributed by atoms with Gasteiger partial charge in [-0.05, 0) is 68.8 Å². The summed E-state index contributed by atoms with van der Waals surface area (Å²) in [5, 5.41) is 12.6. The molecule has 0 radical (unpaired) electrons. The minimum absolute atomic E-state index is 0.0164. The van der Waals surface area contributed by atoms with E-state index >= 15 is 0 Å². The van der Waals surface area contributed by atoms with Crippen LogP contribution in [-0.2, 0) is 20.5 Å². The van der Waals surface area contributed by atoms with Gasteiger partial charge in [0.25, 0.3) is 0 Å². The first-order valence-corrected chi connectivity index (χ1v) is 13.9. The molecule has 1 aromatic rings. The van der Waals surface area contributed by atoms with Crippen molar-refractivity contribution < 1.29 is 28.7 Å². The van der Waals surface area contributed by atoms with E-state index in [2.05, 4.69) is 50.4 Å². The van der Waals surface area contributed by atoms with Crippen molar-refractivity contribution in [3.63, 3.8) is 0 Å². The number of aryl methyl sites for hydroxylation is 1. The molecule has 6 atom stereocenters. The predicted octanol–water partition coefficient (Wildman–Crippen LogP) is 4.82. The zero-order valence-electron chi connectivity index (χ0n) is 22.6. The number of amides is 2. The van der Waals surface area contributed by atoms with E-state index in [0.29, 0.717) is 31.2 Å². The molecule has 5 aliphatic rings. The van der Waals surface area contributed by atoms with Gasteiger partial charge in [0, 0.05) is 6.54 Å². The second kappa shape index (κ2) is 10.1. The molecule has 2 saturated heterocycles. The average Bonchev–Trinajstić information content (AvgIpc) is 3.03. The van der Waals surface area contributed by atoms with Gasteiger partial charge < -0.3 is 29.4 Å². The molecule has 2 N–H and O–H groups in total. The van der Waals surface area contributed by atoms with Gasteiger partial charge >= 0.3 is 19.3 Å². The van der Waals surface area contributed by atoms with E-state index in [1.807, 2.05) is 6.92 Å². The van der Waals surface area contributed by atoms with Gasteiger partial charge in [0.2, 0.25) is 0 Å². The fraction of sp³-hybridized carbons (Fsp3) is 0.714. The van der Waals surface area contributed by atoms with E-state index in [4.69, 9.17) is 14.0 Å². The fourth-order valence-electron chi connectivity index (χ4n) is 7.23. The van der Waals surface area contributed by atoms with Gasteiger partial charge in [0.15, 0.2) is 0 Å². The van der Waals surface area contributed by atoms with Gasteiger partial charge in [-0.15, -0.1) is 0 Å². The summed E-state index contributed by atoms with van der Waals surface area (Å²) in [6, 6.07) is 7.93. The average molecular weight is 512 g/mol. The highest BCUT2D eigenvalue weighted by molar-refractivity contribution is 6.47. The number of rotatable bonds is 6. The van der Waals surface area contributed by atoms with E-state index in [1.54, 1.807) is 0 Å². The summed E-state index contributed by atoms with van der Waals surface area (Å²) in [6.07, 6.45) is 4.62. The van der Waals surface area contributed by atoms with Crippen LogP contribution in [0.15, 0.2) is 24.3 Å². The molecule has 5 fully saturated rings. The minimum atomic E-state index is -0.960. The smallest absolute Gasteiger partial charge is 0.465 e. The Bertz CT molecular complexity index is 1000. The van der Waals surface area contributed by atoms with Crippen molar-refractivity contribution in [1.29, 1.82) is 0 Å². The van der Waals surface area contributed by atoms with Crippen LogP contribution >= 0.6 is 0 Å². The third kappa shape index (κ3) is 5.09. The fourth-order valence-corrected chi connectivity index (χ4v) is 7.23. The Balaban J connectivity index is 1.28. The van der Waals surface area contributed by atoms with Crippen molar-refractivity contribution in [3.05, 3.63) is 35.4 Å². The largest absolute Gasteiger partial charge is 0.482 e. The number of hydrogen-bond donors (Lipinski definition) is 2. The molecule has 2 aliphatic heterocycles. The summed E-state index contributed by atoms with van der Waals surface area (Å²) in [5.41, 5.74) is 2.11. The summed E-state index contributed by atoms with van der Waals surface area (Å²) in [5.74, 6) is 0.642. The van der Waals surface area contributed by atoms with Crippen LogP contribution in [0.1, 0.15) is 70.4 Å². The van der Waals surface area contributed by atoms with Crippen molar-refractivity contribution in [3.8, 4) is 0 Å². The molecule has 2 bridgehead atoms. The number of carboxylic acid groups (broad SMARTS) is 1. The van der Waals surface area contributed by atoms with Crippen molar-refractivity contribution in [2.75, 3.05) is 13.2 Å². The quantitative estimate of drug-likeness (QED) is 0.531. The number of hydrogen-bond acceptors (Lipinski definition) is 5. The zero-order chi connectivity index (χ0) is 26.4. The first kappa shape index (κ1) is 26.4. The lowest BCUT2D eigenvalue weighted by Gasteiger charge is -2.64. The second-order valence-electron chi connectivity index (χ2n) is 12.4. The molecule has 8 nitrogen and oxygen atoms in total. The Kier molecular flexibility index (Phi) is 7.22. The van der Waals surface area contributed by atoms with Crippen LogP contribution in [0, 0.1) is 24.2 Å². The van der Waals surface area contributed by atoms with Crippen LogP contribution < -0.4 is 5.32 Å². The lowest BCUT2D eigenvalue weighted by molar-refractivity contribution is -0.199. The second-order valence-corrected chi connectivity index (χ2v) is 12.4. The number of carbonyl (C=O) groups is 2. The monoisotopic (exact) mass is 512 g/mol. The third-order valence-electron chi connectivity index (χ3n) is 9.71. The molecule has 0 aromatic heterocycles. The summed E-state index contributed by atoms with van der Waals surface area (Å²) in [7, 11) is -0.576. The third-order valence-corrected chi connectivity index (χ3v) is 9.71. The molecule has 2 amide bonds. The van der Waals surface area contributed by atoms with Crippen LogP contribution in [0.3, 0.4) is 0 Å². The van der Waals surface area contributed by atoms with Crippen LogP contribution in [0.25, 0.3) is 0 Å². The van der Waals surface area contributed by atoms with Crippen LogP contribution in [0.4, 0.5) is 9.59 Å². The Morgan fingerprint density at radius 1 is 1.19 bits per heavy atom. The van der Waals surface area contributed by atoms with Crippen molar-refractivity contribution in [2.24, 2.45) is 17.3 Å². The summed E-state index contributed by atoms with van der Waals surface area (Å²) >= 11 is 0. The maximum absolute atomic E-state index is 13.0. The van der Waals surface area contributed by atoms with Crippen molar-refractivity contribution in [2.45, 2.75) is 96.3 Å². The molecular formula is C28H41BN2O6. The maximum Gasteiger partial charge on any atom is 0.482 e. The number of benzene rings is 1. The lowest BCUT2D eigenvalue weighted by atomic mass is 9.43. The van der Waals surface area contributed by atoms with E-state index in [0.717, 1.165) is 37.7 Å². The number of ether oxygens (including phenoxy) is 1. The Labute approximate surface area is 220 Å². The molecule has 3 saturated carbocycles. The number of alkyl carbamates (subject to hydrolysis) is 1. The highest BCUT2D eigenvalue weighted by atomic mass is 16.7. The van der Waals surface area contributed by atoms with Crippen molar-refractivity contribution >= 4 is 19.3 Å². The molecule has 6 rings (SSSR count). The van der Waals surface area contributed by atoms with Gasteiger partial charge in [-0.3, -0.25) is 0 Å². The Hall–Kier alpha value is -2.26. The van der Waals surface area contributed by atoms with Crippen LogP contribution in [0.2, 0.25) is 0 Å². The minimum Gasteiger partial charge on any atom is -0.465 e. The standard InChI is InChI=1S/C28H41BN2O6/c1-18-9-11-19(12-10-18)14-24(29-36-23-16-20-15-22(27(20,2)3)28(23,4)37-29)30-25(32)35-17-21-8-6-5-7-13-31(21)26(33)34/h9-12,20-24H,5-8,13-17H2,1-4H3,(H,30,32)(H,33,34)/t20-,21-,22-,23+,24-,28-/m0/s1. The SMILES string of the molecule is Cc1ccc(C[C@H](NC(=O)OC[C@@H]2CCCCCN2C(=O)O)B2O[C@@H]3C[C@@H]4C[C@@H](C4(C)C)[C@]3(C)O2)cc1. The summed E-state index contributed by atoms with van der Waals surface area (Å²) in [4.78, 5) is 26.1. The molecule has 0 unspecified atom stereocenters. The lowest BCUT2D eigenvalue weighted by Crippen LogP contribution is -2.65. The first-order valence-electron chi connectivity index (χ1n) is 13.9. The Morgan fingerprint density at radius 3 is 2.65 bits per heavy atom. The Morgan fingerprint density at radius 2 is 1.95 bits per heavy atom. The van der Waals surface area contributed by atoms with Gasteiger partial charge in [-0.1, -0.05) is 56.5 Å². The topological polar surface area (TPSA) is 97.3 Å². The number of nitrogens with one attached hydrogen (secondary N) is 1. The van der Waals surface area contributed by atoms with E-state index in [9.17, 15) is 14.7 Å². The van der Waals surface area contributed by atoms with Crippen molar-refractivity contribution in [1.82, 2.24) is 10.2 Å². The zero-order valence-corrected chi connectivity index (χ0v) is 22.6. The highest BCUT2D eigenvalue weighted by Crippen LogP contribution is 2.65. The molecule has 202 valence electrons. The molecule has 2 heterocycles. The van der Waals surface area contributed by atoms with E-state index < -0.39 is 25.2 Å². The van der Waals surface area contributed by atoms with Gasteiger partial charge in [0.1, 0.15) is 6.61 Å². The highest BCUT2D eigenvalue weighted by Gasteiger charge is 2.68. The predicted molar refractivity (Wildman–Crippen MR) is 140 cm³/mol. The van der Waals surface area contributed by atoms with E-state index in [1.165, 1.54) is 10.5 Å². The molecule has 3 aliphatic carbocycles. The molecule has 37 heavy (non-hydrogen) atoms. The first-order chi connectivity index (χ1) is 17.6. The molecule has 1 aromatic carbocycles. The van der Waals surface area contributed by atoms with Gasteiger partial charge in [-0.2, -0.15) is 0 Å². The molecular weight excluding hydrogens is 471 g/mol. The summed E-state index contributed by atoms with van der Waals surface area (Å²) in [6.45, 7) is 9.40. The van der Waals surface area contributed by atoms with E-state index in [-0.39, 0.29) is 29.8 Å².